The summed E-state index contributed by atoms with van der Waals surface area (Å²) in [6.07, 6.45) is 0.700. The van der Waals surface area contributed by atoms with E-state index in [1.165, 1.54) is 14.2 Å². The van der Waals surface area contributed by atoms with Crippen LogP contribution in [0.1, 0.15) is 22.3 Å². The van der Waals surface area contributed by atoms with Crippen molar-refractivity contribution in [3.05, 3.63) is 45.7 Å². The van der Waals surface area contributed by atoms with Crippen LogP contribution < -0.4 is 29.8 Å². The molecule has 1 aliphatic heterocycles. The summed E-state index contributed by atoms with van der Waals surface area (Å²) in [5, 5.41) is 4.28. The van der Waals surface area contributed by atoms with Gasteiger partial charge in [0.15, 0.2) is 28.8 Å². The molecule has 3 aromatic rings. The van der Waals surface area contributed by atoms with Crippen molar-refractivity contribution in [2.75, 3.05) is 40.7 Å². The molecule has 0 spiro atoms. The van der Waals surface area contributed by atoms with Crippen molar-refractivity contribution in [1.82, 2.24) is 9.88 Å². The number of fused-ring (bicyclic) bond motifs is 6. The molecule has 1 aliphatic carbocycles. The first-order chi connectivity index (χ1) is 17.1. The first kappa shape index (κ1) is 23.3. The van der Waals surface area contributed by atoms with E-state index in [0.29, 0.717) is 89.6 Å². The number of carbonyl (C=O) groups is 1. The van der Waals surface area contributed by atoms with Gasteiger partial charge in [0.25, 0.3) is 5.56 Å². The van der Waals surface area contributed by atoms with Crippen molar-refractivity contribution in [2.24, 2.45) is 0 Å². The van der Waals surface area contributed by atoms with Crippen LogP contribution in [0.15, 0.2) is 29.1 Å². The van der Waals surface area contributed by atoms with Crippen LogP contribution in [0.5, 0.6) is 23.0 Å². The predicted molar refractivity (Wildman–Crippen MR) is 135 cm³/mol. The Bertz CT molecular complexity index is 1370. The smallest absolute Gasteiger partial charge is 0.259 e. The molecule has 0 radical (unpaired) electrons. The first-order valence-electron chi connectivity index (χ1n) is 11.7. The van der Waals surface area contributed by atoms with Crippen LogP contribution in [0.25, 0.3) is 22.0 Å². The standard InChI is InChI=1S/C24H26B2N2O7/c1-31-17-8-13-16(11-18(17)32-2)24(30)28(6-3-4-27-5-7-35-26-25)22-14-9-19-20(34-12-33-19)10-15(14)23(29)21(13)22/h8-11,26-27H,3-7,12,25H2,1-2H3. The summed E-state index contributed by atoms with van der Waals surface area (Å²) in [6.45, 7) is 2.63. The Labute approximate surface area is 203 Å². The van der Waals surface area contributed by atoms with E-state index in [1.54, 1.807) is 28.8 Å². The molecule has 0 atom stereocenters. The highest BCUT2D eigenvalue weighted by atomic mass is 16.7. The number of hydrogen-bond acceptors (Lipinski definition) is 8. The highest BCUT2D eigenvalue weighted by Gasteiger charge is 2.35. The highest BCUT2D eigenvalue weighted by Crippen LogP contribution is 2.46. The van der Waals surface area contributed by atoms with E-state index in [2.05, 4.69) is 5.32 Å². The minimum Gasteiger partial charge on any atom is -0.493 e. The molecule has 0 amide bonds. The largest absolute Gasteiger partial charge is 0.493 e. The summed E-state index contributed by atoms with van der Waals surface area (Å²) in [5.74, 6) is 1.82. The van der Waals surface area contributed by atoms with Gasteiger partial charge in [0.05, 0.1) is 30.9 Å². The fourth-order valence-electron chi connectivity index (χ4n) is 4.73. The minimum atomic E-state index is -0.188. The SMILES string of the molecule is BBOCCNCCCn1c2c(c3cc(OC)c(OC)cc3c1=O)C(=O)c1cc3c(cc1-2)OCO3. The average molecular weight is 476 g/mol. The number of rotatable bonds is 10. The molecule has 2 heterocycles. The Morgan fingerprint density at radius 2 is 1.69 bits per heavy atom. The third kappa shape index (κ3) is 3.94. The number of ether oxygens (including phenoxy) is 4. The second-order valence-corrected chi connectivity index (χ2v) is 8.31. The van der Waals surface area contributed by atoms with Crippen molar-refractivity contribution in [1.29, 1.82) is 0 Å². The lowest BCUT2D eigenvalue weighted by Gasteiger charge is -2.17. The number of benzene rings is 2. The molecule has 0 saturated heterocycles. The summed E-state index contributed by atoms with van der Waals surface area (Å²) in [6, 6.07) is 6.86. The molecule has 5 rings (SSSR count). The number of ketones is 1. The van der Waals surface area contributed by atoms with Gasteiger partial charge in [-0.05, 0) is 37.2 Å². The van der Waals surface area contributed by atoms with Crippen molar-refractivity contribution in [3.8, 4) is 34.3 Å². The van der Waals surface area contributed by atoms with Gasteiger partial charge in [0.1, 0.15) is 7.74 Å². The van der Waals surface area contributed by atoms with E-state index in [-0.39, 0.29) is 18.1 Å². The topological polar surface area (TPSA) is 97.3 Å². The van der Waals surface area contributed by atoms with Crippen LogP contribution in [0.4, 0.5) is 0 Å². The first-order valence-corrected chi connectivity index (χ1v) is 11.7. The molecule has 1 N–H and O–H groups in total. The lowest BCUT2D eigenvalue weighted by molar-refractivity contribution is 0.104. The zero-order valence-electron chi connectivity index (χ0n) is 20.1. The van der Waals surface area contributed by atoms with E-state index in [9.17, 15) is 9.59 Å². The predicted octanol–water partition coefficient (Wildman–Crippen LogP) is 0.855. The summed E-state index contributed by atoms with van der Waals surface area (Å²) in [5.41, 5.74) is 2.06. The number of aromatic nitrogens is 1. The summed E-state index contributed by atoms with van der Waals surface area (Å²) < 4.78 is 29.0. The van der Waals surface area contributed by atoms with E-state index < -0.39 is 0 Å². The average Bonchev–Trinajstić information content (AvgIpc) is 3.45. The molecule has 9 nitrogen and oxygen atoms in total. The normalized spacial score (nSPS) is 13.1. The molecule has 0 unspecified atom stereocenters. The van der Waals surface area contributed by atoms with Gasteiger partial charge in [0.2, 0.25) is 14.2 Å². The summed E-state index contributed by atoms with van der Waals surface area (Å²) in [4.78, 5) is 27.5. The zero-order valence-corrected chi connectivity index (χ0v) is 20.1. The van der Waals surface area contributed by atoms with Gasteiger partial charge in [-0.25, -0.2) is 0 Å². The minimum absolute atomic E-state index is 0.105. The lowest BCUT2D eigenvalue weighted by atomic mass is 9.72. The molecule has 2 aliphatic rings. The van der Waals surface area contributed by atoms with E-state index in [1.807, 2.05) is 7.74 Å². The van der Waals surface area contributed by atoms with Crippen LogP contribution in [0.2, 0.25) is 0 Å². The molecular weight excluding hydrogens is 450 g/mol. The fraction of sp³-hybridized carbons (Fsp3) is 0.333. The second kappa shape index (κ2) is 9.67. The summed E-state index contributed by atoms with van der Waals surface area (Å²) >= 11 is 0. The second-order valence-electron chi connectivity index (χ2n) is 8.31. The zero-order chi connectivity index (χ0) is 24.5. The monoisotopic (exact) mass is 476 g/mol. The van der Waals surface area contributed by atoms with Crippen LogP contribution in [0.3, 0.4) is 0 Å². The van der Waals surface area contributed by atoms with Gasteiger partial charge in [-0.2, -0.15) is 0 Å². The van der Waals surface area contributed by atoms with Crippen LogP contribution in [-0.4, -0.2) is 66.2 Å². The number of carbonyl (C=O) groups excluding carboxylic acids is 1. The molecule has 35 heavy (non-hydrogen) atoms. The maximum absolute atomic E-state index is 13.8. The lowest BCUT2D eigenvalue weighted by Crippen LogP contribution is -2.27. The quantitative estimate of drug-likeness (QED) is 0.266. The molecule has 11 heteroatoms. The van der Waals surface area contributed by atoms with Crippen molar-refractivity contribution < 1.29 is 28.4 Å². The molecule has 1 aromatic heterocycles. The van der Waals surface area contributed by atoms with E-state index in [0.717, 1.165) is 6.54 Å². The van der Waals surface area contributed by atoms with Crippen molar-refractivity contribution >= 4 is 31.7 Å². The van der Waals surface area contributed by atoms with E-state index in [4.69, 9.17) is 23.6 Å². The molecule has 0 bridgehead atoms. The molecule has 2 aromatic carbocycles. The van der Waals surface area contributed by atoms with Crippen LogP contribution in [0, 0.1) is 0 Å². The number of nitrogens with one attached hydrogen (secondary N) is 1. The maximum Gasteiger partial charge on any atom is 0.259 e. The third-order valence-electron chi connectivity index (χ3n) is 6.38. The number of pyridine rings is 1. The van der Waals surface area contributed by atoms with Crippen LogP contribution >= 0.6 is 0 Å². The van der Waals surface area contributed by atoms with Gasteiger partial charge in [-0.15, -0.1) is 0 Å². The maximum atomic E-state index is 13.8. The van der Waals surface area contributed by atoms with Gasteiger partial charge in [-0.1, -0.05) is 0 Å². The van der Waals surface area contributed by atoms with Crippen molar-refractivity contribution in [3.63, 3.8) is 0 Å². The van der Waals surface area contributed by atoms with Crippen LogP contribution in [-0.2, 0) is 11.2 Å². The molecule has 0 fully saturated rings. The Morgan fingerprint density at radius 3 is 2.37 bits per heavy atom. The number of hydrogen-bond donors (Lipinski definition) is 1. The van der Waals surface area contributed by atoms with Gasteiger partial charge >= 0.3 is 0 Å². The Balaban J connectivity index is 1.63. The number of methoxy groups -OCH3 is 2. The van der Waals surface area contributed by atoms with E-state index >= 15 is 0 Å². The molecule has 0 saturated carbocycles. The Morgan fingerprint density at radius 1 is 1.00 bits per heavy atom. The molecular formula is C24H26B2N2O7. The third-order valence-corrected chi connectivity index (χ3v) is 6.38. The Kier molecular flexibility index (Phi) is 6.44. The van der Waals surface area contributed by atoms with Crippen molar-refractivity contribution in [2.45, 2.75) is 13.0 Å². The fourth-order valence-corrected chi connectivity index (χ4v) is 4.73. The number of nitrogens with zero attached hydrogens (tertiary/aromatic N) is 1. The van der Waals surface area contributed by atoms with Gasteiger partial charge < -0.3 is 33.5 Å². The summed E-state index contributed by atoms with van der Waals surface area (Å²) in [7, 11) is 5.69. The highest BCUT2D eigenvalue weighted by molar-refractivity contribution is 6.85. The molecule has 180 valence electrons. The van der Waals surface area contributed by atoms with Gasteiger partial charge in [0, 0.05) is 36.2 Å². The Hall–Kier alpha value is -3.43. The van der Waals surface area contributed by atoms with Gasteiger partial charge in [-0.3, -0.25) is 9.59 Å².